The molecule has 138 valence electrons. The van der Waals surface area contributed by atoms with Crippen LogP contribution in [0.25, 0.3) is 0 Å². The molecular weight excluding hydrogens is 342 g/mol. The lowest BCUT2D eigenvalue weighted by atomic mass is 9.90. The summed E-state index contributed by atoms with van der Waals surface area (Å²) in [5, 5.41) is 4.62. The van der Waals surface area contributed by atoms with Crippen LogP contribution in [-0.4, -0.2) is 25.5 Å². The number of halogens is 2. The van der Waals surface area contributed by atoms with Crippen LogP contribution in [0, 0.1) is 11.6 Å². The van der Waals surface area contributed by atoms with E-state index >= 15 is 0 Å². The van der Waals surface area contributed by atoms with Gasteiger partial charge in [-0.1, -0.05) is 37.3 Å². The number of ether oxygens (including phenoxy) is 1. The molecule has 0 aliphatic heterocycles. The lowest BCUT2D eigenvalue weighted by molar-refractivity contribution is -0.137. The second-order valence-corrected chi connectivity index (χ2v) is 5.68. The van der Waals surface area contributed by atoms with Gasteiger partial charge in [0, 0.05) is 13.2 Å². The van der Waals surface area contributed by atoms with Gasteiger partial charge in [0.2, 0.25) is 0 Å². The number of methoxy groups -OCH3 is 1. The fourth-order valence-electron chi connectivity index (χ4n) is 2.58. The largest absolute Gasteiger partial charge is 0.372 e. The Bertz CT molecular complexity index is 778. The first-order valence-electron chi connectivity index (χ1n) is 8.07. The number of hydrogen-bond acceptors (Lipinski definition) is 3. The fraction of sp³-hybridized carbons (Fsp3) is 0.263. The molecule has 0 saturated heterocycles. The molecule has 2 aromatic carbocycles. The first-order valence-corrected chi connectivity index (χ1v) is 8.07. The van der Waals surface area contributed by atoms with Crippen LogP contribution in [0.5, 0.6) is 0 Å². The van der Waals surface area contributed by atoms with E-state index in [0.29, 0.717) is 12.5 Å². The Morgan fingerprint density at radius 2 is 1.77 bits per heavy atom. The first kappa shape index (κ1) is 19.5. The van der Waals surface area contributed by atoms with Crippen molar-refractivity contribution >= 4 is 17.5 Å². The topological polar surface area (TPSA) is 67.4 Å². The van der Waals surface area contributed by atoms with Crippen LogP contribution in [0.4, 0.5) is 14.5 Å². The Balaban J connectivity index is 2.04. The van der Waals surface area contributed by atoms with Crippen molar-refractivity contribution in [2.75, 3.05) is 19.0 Å². The molecule has 0 aromatic heterocycles. The Kier molecular flexibility index (Phi) is 6.41. The highest BCUT2D eigenvalue weighted by atomic mass is 19.1. The van der Waals surface area contributed by atoms with Gasteiger partial charge in [-0.05, 0) is 24.1 Å². The lowest BCUT2D eigenvalue weighted by Gasteiger charge is -2.32. The zero-order chi connectivity index (χ0) is 19.2. The third-order valence-electron chi connectivity index (χ3n) is 4.18. The second-order valence-electron chi connectivity index (χ2n) is 5.68. The van der Waals surface area contributed by atoms with Gasteiger partial charge in [-0.3, -0.25) is 9.59 Å². The Labute approximate surface area is 150 Å². The van der Waals surface area contributed by atoms with E-state index in [1.54, 1.807) is 0 Å². The van der Waals surface area contributed by atoms with Crippen LogP contribution in [0.2, 0.25) is 0 Å². The molecule has 5 nitrogen and oxygen atoms in total. The summed E-state index contributed by atoms with van der Waals surface area (Å²) in [4.78, 5) is 24.0. The molecule has 1 atom stereocenters. The summed E-state index contributed by atoms with van der Waals surface area (Å²) in [6.07, 6.45) is 0.558. The monoisotopic (exact) mass is 362 g/mol. The lowest BCUT2D eigenvalue weighted by Crippen LogP contribution is -2.45. The van der Waals surface area contributed by atoms with Crippen LogP contribution >= 0.6 is 0 Å². The SMILES string of the molecule is CCC(CNC(=O)C(=O)Nc1ccc(F)cc1F)(OC)c1ccccc1. The number of benzene rings is 2. The average Bonchev–Trinajstić information content (AvgIpc) is 2.66. The third kappa shape index (κ3) is 4.43. The number of carbonyl (C=O) groups is 2. The highest BCUT2D eigenvalue weighted by Crippen LogP contribution is 2.28. The van der Waals surface area contributed by atoms with Crippen molar-refractivity contribution in [1.29, 1.82) is 0 Å². The van der Waals surface area contributed by atoms with Crippen molar-refractivity contribution in [3.63, 3.8) is 0 Å². The minimum Gasteiger partial charge on any atom is -0.372 e. The van der Waals surface area contributed by atoms with E-state index in [1.807, 2.05) is 37.3 Å². The highest BCUT2D eigenvalue weighted by Gasteiger charge is 2.31. The van der Waals surface area contributed by atoms with Crippen LogP contribution < -0.4 is 10.6 Å². The molecular formula is C19H20F2N2O3. The van der Waals surface area contributed by atoms with Gasteiger partial charge in [-0.2, -0.15) is 0 Å². The van der Waals surface area contributed by atoms with E-state index in [2.05, 4.69) is 10.6 Å². The number of anilines is 1. The molecule has 2 aromatic rings. The van der Waals surface area contributed by atoms with Crippen molar-refractivity contribution in [2.45, 2.75) is 18.9 Å². The molecule has 0 heterocycles. The standard InChI is InChI=1S/C19H20F2N2O3/c1-3-19(26-2,13-7-5-4-6-8-13)12-22-17(24)18(25)23-16-10-9-14(20)11-15(16)21/h4-11H,3,12H2,1-2H3,(H,22,24)(H,23,25). The molecule has 2 rings (SSSR count). The van der Waals surface area contributed by atoms with E-state index in [1.165, 1.54) is 7.11 Å². The molecule has 0 saturated carbocycles. The molecule has 0 fully saturated rings. The average molecular weight is 362 g/mol. The van der Waals surface area contributed by atoms with Crippen LogP contribution in [0.15, 0.2) is 48.5 Å². The third-order valence-corrected chi connectivity index (χ3v) is 4.18. The number of carbonyl (C=O) groups excluding carboxylic acids is 2. The van der Waals surface area contributed by atoms with E-state index in [4.69, 9.17) is 4.74 Å². The molecule has 2 N–H and O–H groups in total. The van der Waals surface area contributed by atoms with Gasteiger partial charge < -0.3 is 15.4 Å². The molecule has 0 aliphatic carbocycles. The second kappa shape index (κ2) is 8.53. The van der Waals surface area contributed by atoms with Crippen molar-refractivity contribution in [1.82, 2.24) is 5.32 Å². The number of nitrogens with one attached hydrogen (secondary N) is 2. The van der Waals surface area contributed by atoms with Gasteiger partial charge in [-0.25, -0.2) is 8.78 Å². The number of rotatable bonds is 6. The Morgan fingerprint density at radius 1 is 1.08 bits per heavy atom. The van der Waals surface area contributed by atoms with Crippen molar-refractivity contribution in [3.8, 4) is 0 Å². The van der Waals surface area contributed by atoms with Crippen molar-refractivity contribution < 1.29 is 23.1 Å². The van der Waals surface area contributed by atoms with Gasteiger partial charge in [0.05, 0.1) is 12.2 Å². The predicted molar refractivity (Wildman–Crippen MR) is 93.4 cm³/mol. The number of hydrogen-bond donors (Lipinski definition) is 2. The molecule has 26 heavy (non-hydrogen) atoms. The summed E-state index contributed by atoms with van der Waals surface area (Å²) in [7, 11) is 1.52. The van der Waals surface area contributed by atoms with Crippen LogP contribution in [0.1, 0.15) is 18.9 Å². The van der Waals surface area contributed by atoms with E-state index in [-0.39, 0.29) is 12.2 Å². The summed E-state index contributed by atoms with van der Waals surface area (Å²) >= 11 is 0. The van der Waals surface area contributed by atoms with Gasteiger partial charge in [-0.15, -0.1) is 0 Å². The van der Waals surface area contributed by atoms with E-state index in [9.17, 15) is 18.4 Å². The maximum Gasteiger partial charge on any atom is 0.313 e. The van der Waals surface area contributed by atoms with Crippen LogP contribution in [0.3, 0.4) is 0 Å². The Morgan fingerprint density at radius 3 is 2.35 bits per heavy atom. The van der Waals surface area contributed by atoms with Crippen molar-refractivity contribution in [2.24, 2.45) is 0 Å². The normalized spacial score (nSPS) is 12.9. The summed E-state index contributed by atoms with van der Waals surface area (Å²) in [5.74, 6) is -3.74. The molecule has 0 radical (unpaired) electrons. The minimum atomic E-state index is -1.05. The van der Waals surface area contributed by atoms with Gasteiger partial charge in [0.15, 0.2) is 0 Å². The minimum absolute atomic E-state index is 0.0577. The molecule has 1 unspecified atom stereocenters. The van der Waals surface area contributed by atoms with E-state index in [0.717, 1.165) is 17.7 Å². The van der Waals surface area contributed by atoms with Gasteiger partial charge in [0.25, 0.3) is 0 Å². The summed E-state index contributed by atoms with van der Waals surface area (Å²) in [6.45, 7) is 1.96. The predicted octanol–water partition coefficient (Wildman–Crippen LogP) is 2.97. The van der Waals surface area contributed by atoms with Crippen molar-refractivity contribution in [3.05, 3.63) is 65.7 Å². The molecule has 0 aliphatic rings. The zero-order valence-electron chi connectivity index (χ0n) is 14.5. The molecule has 0 bridgehead atoms. The Hall–Kier alpha value is -2.80. The molecule has 7 heteroatoms. The quantitative estimate of drug-likeness (QED) is 0.777. The first-order chi connectivity index (χ1) is 12.4. The maximum absolute atomic E-state index is 13.6. The molecule has 0 spiro atoms. The van der Waals surface area contributed by atoms with Gasteiger partial charge in [0.1, 0.15) is 17.2 Å². The number of amides is 2. The summed E-state index contributed by atoms with van der Waals surface area (Å²) in [6, 6.07) is 12.0. The molecule has 2 amide bonds. The summed E-state index contributed by atoms with van der Waals surface area (Å²) in [5.41, 5.74) is -0.211. The smallest absolute Gasteiger partial charge is 0.313 e. The van der Waals surface area contributed by atoms with E-state index < -0.39 is 29.0 Å². The van der Waals surface area contributed by atoms with Crippen LogP contribution in [-0.2, 0) is 19.9 Å². The zero-order valence-corrected chi connectivity index (χ0v) is 14.5. The van der Waals surface area contributed by atoms with Gasteiger partial charge >= 0.3 is 11.8 Å². The summed E-state index contributed by atoms with van der Waals surface area (Å²) < 4.78 is 32.1. The highest BCUT2D eigenvalue weighted by molar-refractivity contribution is 6.39. The maximum atomic E-state index is 13.6. The fourth-order valence-corrected chi connectivity index (χ4v) is 2.58.